The van der Waals surface area contributed by atoms with E-state index in [1.54, 1.807) is 24.3 Å². The fourth-order valence-electron chi connectivity index (χ4n) is 4.04. The molecule has 2 aliphatic rings. The SMILES string of the molecule is CC1=CC[C@@H]2C(=O)N(c3cccc(C(=O)Nc4ccc(I)cc4C)c3)C(=O)[C@H]2C1. The molecule has 0 unspecified atom stereocenters. The summed E-state index contributed by atoms with van der Waals surface area (Å²) in [5.74, 6) is -1.20. The van der Waals surface area contributed by atoms with Crippen LogP contribution in [-0.4, -0.2) is 17.7 Å². The van der Waals surface area contributed by atoms with Crippen LogP contribution in [0.4, 0.5) is 11.4 Å². The first-order chi connectivity index (χ1) is 13.8. The largest absolute Gasteiger partial charge is 0.322 e. The van der Waals surface area contributed by atoms with Crippen molar-refractivity contribution in [2.24, 2.45) is 11.8 Å². The van der Waals surface area contributed by atoms with E-state index in [0.717, 1.165) is 20.4 Å². The molecule has 1 heterocycles. The summed E-state index contributed by atoms with van der Waals surface area (Å²) < 4.78 is 1.09. The Labute approximate surface area is 183 Å². The summed E-state index contributed by atoms with van der Waals surface area (Å²) in [5.41, 5.74) is 3.72. The van der Waals surface area contributed by atoms with Gasteiger partial charge in [-0.3, -0.25) is 19.3 Å². The molecule has 29 heavy (non-hydrogen) atoms. The van der Waals surface area contributed by atoms with Crippen LogP contribution in [0.15, 0.2) is 54.1 Å². The van der Waals surface area contributed by atoms with E-state index < -0.39 is 0 Å². The normalized spacial score (nSPS) is 21.1. The number of hydrogen-bond acceptors (Lipinski definition) is 3. The highest BCUT2D eigenvalue weighted by atomic mass is 127. The maximum absolute atomic E-state index is 12.9. The zero-order valence-corrected chi connectivity index (χ0v) is 18.4. The number of halogens is 1. The molecule has 6 heteroatoms. The number of carbonyl (C=O) groups excluding carboxylic acids is 3. The first kappa shape index (κ1) is 19.8. The number of benzene rings is 2. The maximum Gasteiger partial charge on any atom is 0.255 e. The second kappa shape index (κ2) is 7.74. The molecule has 5 nitrogen and oxygen atoms in total. The molecule has 0 spiro atoms. The summed E-state index contributed by atoms with van der Waals surface area (Å²) in [6, 6.07) is 12.5. The summed E-state index contributed by atoms with van der Waals surface area (Å²) in [6.07, 6.45) is 3.27. The Morgan fingerprint density at radius 3 is 2.59 bits per heavy atom. The first-order valence-corrected chi connectivity index (χ1v) is 10.6. The average Bonchev–Trinajstić information content (AvgIpc) is 2.94. The number of aryl methyl sites for hydroxylation is 1. The second-order valence-electron chi connectivity index (χ2n) is 7.68. The van der Waals surface area contributed by atoms with E-state index in [-0.39, 0.29) is 29.6 Å². The number of carbonyl (C=O) groups is 3. The van der Waals surface area contributed by atoms with Gasteiger partial charge in [-0.2, -0.15) is 0 Å². The number of amides is 3. The maximum atomic E-state index is 12.9. The highest BCUT2D eigenvalue weighted by Crippen LogP contribution is 2.39. The number of rotatable bonds is 3. The second-order valence-corrected chi connectivity index (χ2v) is 8.92. The molecular formula is C23H21IN2O3. The predicted octanol–water partition coefficient (Wildman–Crippen LogP) is 4.70. The predicted molar refractivity (Wildman–Crippen MR) is 121 cm³/mol. The van der Waals surface area contributed by atoms with E-state index in [1.165, 1.54) is 4.90 Å². The van der Waals surface area contributed by atoms with Crippen molar-refractivity contribution in [2.75, 3.05) is 10.2 Å². The zero-order chi connectivity index (χ0) is 20.7. The smallest absolute Gasteiger partial charge is 0.255 e. The Hall–Kier alpha value is -2.48. The molecule has 148 valence electrons. The molecule has 2 aromatic carbocycles. The van der Waals surface area contributed by atoms with Gasteiger partial charge in [0, 0.05) is 14.8 Å². The van der Waals surface area contributed by atoms with Crippen LogP contribution >= 0.6 is 22.6 Å². The molecule has 1 N–H and O–H groups in total. The van der Waals surface area contributed by atoms with E-state index in [1.807, 2.05) is 38.1 Å². The summed E-state index contributed by atoms with van der Waals surface area (Å²) in [6.45, 7) is 3.93. The molecule has 1 fully saturated rings. The third-order valence-electron chi connectivity index (χ3n) is 5.63. The minimum absolute atomic E-state index is 0.168. The molecule has 0 saturated carbocycles. The fourth-order valence-corrected chi connectivity index (χ4v) is 4.69. The Balaban J connectivity index is 1.58. The molecule has 2 atom stereocenters. The molecule has 1 saturated heterocycles. The van der Waals surface area contributed by atoms with Crippen molar-refractivity contribution in [3.05, 3.63) is 68.8 Å². The van der Waals surface area contributed by atoms with Crippen molar-refractivity contribution in [2.45, 2.75) is 26.7 Å². The lowest BCUT2D eigenvalue weighted by Gasteiger charge is -2.18. The van der Waals surface area contributed by atoms with Crippen molar-refractivity contribution in [1.82, 2.24) is 0 Å². The Morgan fingerprint density at radius 2 is 1.83 bits per heavy atom. The standard InChI is InChI=1S/C23H21IN2O3/c1-13-6-8-18-19(10-13)23(29)26(22(18)28)17-5-3-4-15(12-17)21(27)25-20-9-7-16(24)11-14(20)2/h3-7,9,11-12,18-19H,8,10H2,1-2H3,(H,25,27)/t18-,19-/m0/s1. The van der Waals surface area contributed by atoms with Gasteiger partial charge in [0.05, 0.1) is 17.5 Å². The number of anilines is 2. The van der Waals surface area contributed by atoms with Crippen LogP contribution in [0, 0.1) is 22.3 Å². The van der Waals surface area contributed by atoms with Gasteiger partial charge in [0.15, 0.2) is 0 Å². The van der Waals surface area contributed by atoms with Crippen LogP contribution in [0.2, 0.25) is 0 Å². The summed E-state index contributed by atoms with van der Waals surface area (Å²) in [7, 11) is 0. The summed E-state index contributed by atoms with van der Waals surface area (Å²) in [5, 5.41) is 2.91. The molecule has 4 rings (SSSR count). The lowest BCUT2D eigenvalue weighted by atomic mass is 9.82. The summed E-state index contributed by atoms with van der Waals surface area (Å²) in [4.78, 5) is 39.8. The van der Waals surface area contributed by atoms with Gasteiger partial charge in [-0.25, -0.2) is 0 Å². The van der Waals surface area contributed by atoms with Crippen LogP contribution in [0.1, 0.15) is 35.7 Å². The zero-order valence-electron chi connectivity index (χ0n) is 16.2. The van der Waals surface area contributed by atoms with E-state index >= 15 is 0 Å². The molecule has 1 aliphatic carbocycles. The molecular weight excluding hydrogens is 479 g/mol. The lowest BCUT2D eigenvalue weighted by molar-refractivity contribution is -0.122. The van der Waals surface area contributed by atoms with Gasteiger partial charge in [0.2, 0.25) is 11.8 Å². The average molecular weight is 500 g/mol. The van der Waals surface area contributed by atoms with E-state index in [4.69, 9.17) is 0 Å². The van der Waals surface area contributed by atoms with Crippen molar-refractivity contribution in [3.8, 4) is 0 Å². The van der Waals surface area contributed by atoms with E-state index in [0.29, 0.717) is 24.1 Å². The topological polar surface area (TPSA) is 66.5 Å². The van der Waals surface area contributed by atoms with Gasteiger partial charge in [-0.05, 0) is 91.2 Å². The first-order valence-electron chi connectivity index (χ1n) is 9.56. The molecule has 0 radical (unpaired) electrons. The monoisotopic (exact) mass is 500 g/mol. The number of nitrogens with one attached hydrogen (secondary N) is 1. The quantitative estimate of drug-likeness (QED) is 0.378. The van der Waals surface area contributed by atoms with Gasteiger partial charge < -0.3 is 5.32 Å². The highest BCUT2D eigenvalue weighted by Gasteiger charge is 2.48. The fraction of sp³-hybridized carbons (Fsp3) is 0.261. The number of allylic oxidation sites excluding steroid dienone is 2. The Bertz CT molecular complexity index is 1060. The van der Waals surface area contributed by atoms with Crippen LogP contribution in [0.5, 0.6) is 0 Å². The van der Waals surface area contributed by atoms with Crippen LogP contribution in [0.3, 0.4) is 0 Å². The van der Waals surface area contributed by atoms with Gasteiger partial charge in [-0.1, -0.05) is 17.7 Å². The number of hydrogen-bond donors (Lipinski definition) is 1. The van der Waals surface area contributed by atoms with Crippen molar-refractivity contribution < 1.29 is 14.4 Å². The minimum Gasteiger partial charge on any atom is -0.322 e. The molecule has 0 bridgehead atoms. The molecule has 1 aliphatic heterocycles. The van der Waals surface area contributed by atoms with Crippen molar-refractivity contribution >= 4 is 51.7 Å². The Morgan fingerprint density at radius 1 is 1.07 bits per heavy atom. The van der Waals surface area contributed by atoms with Gasteiger partial charge in [-0.15, -0.1) is 0 Å². The van der Waals surface area contributed by atoms with Gasteiger partial charge in [0.1, 0.15) is 0 Å². The highest BCUT2D eigenvalue weighted by molar-refractivity contribution is 14.1. The third kappa shape index (κ3) is 3.73. The minimum atomic E-state index is -0.293. The third-order valence-corrected chi connectivity index (χ3v) is 6.30. The van der Waals surface area contributed by atoms with Crippen LogP contribution < -0.4 is 10.2 Å². The molecule has 3 amide bonds. The summed E-state index contributed by atoms with van der Waals surface area (Å²) >= 11 is 2.23. The molecule has 2 aromatic rings. The van der Waals surface area contributed by atoms with Crippen molar-refractivity contribution in [1.29, 1.82) is 0 Å². The van der Waals surface area contributed by atoms with Gasteiger partial charge in [0.25, 0.3) is 5.91 Å². The number of nitrogens with zero attached hydrogens (tertiary/aromatic N) is 1. The lowest BCUT2D eigenvalue weighted by Crippen LogP contribution is -2.31. The number of imide groups is 1. The molecule has 0 aromatic heterocycles. The van der Waals surface area contributed by atoms with Gasteiger partial charge >= 0.3 is 0 Å². The van der Waals surface area contributed by atoms with E-state index in [9.17, 15) is 14.4 Å². The van der Waals surface area contributed by atoms with Crippen LogP contribution in [0.25, 0.3) is 0 Å². The van der Waals surface area contributed by atoms with E-state index in [2.05, 4.69) is 27.9 Å². The van der Waals surface area contributed by atoms with Crippen molar-refractivity contribution in [3.63, 3.8) is 0 Å². The number of fused-ring (bicyclic) bond motifs is 1. The van der Waals surface area contributed by atoms with Crippen LogP contribution in [-0.2, 0) is 9.59 Å². The Kier molecular flexibility index (Phi) is 5.29.